The van der Waals surface area contributed by atoms with E-state index in [1.165, 1.54) is 16.5 Å². The highest BCUT2D eigenvalue weighted by atomic mass is 16.2. The maximum Gasteiger partial charge on any atom is 0.329 e. The van der Waals surface area contributed by atoms with Gasteiger partial charge in [-0.15, -0.1) is 0 Å². The van der Waals surface area contributed by atoms with Crippen molar-refractivity contribution in [3.8, 4) is 0 Å². The third-order valence-corrected chi connectivity index (χ3v) is 8.20. The number of anilines is 2. The van der Waals surface area contributed by atoms with Crippen LogP contribution in [0.15, 0.2) is 41.2 Å². The molecule has 1 aliphatic carbocycles. The first-order valence-electron chi connectivity index (χ1n) is 12.6. The fourth-order valence-electron chi connectivity index (χ4n) is 6.10. The number of urea groups is 1. The summed E-state index contributed by atoms with van der Waals surface area (Å²) in [6.07, 6.45) is 1.68. The van der Waals surface area contributed by atoms with Crippen LogP contribution >= 0.6 is 0 Å². The number of carbonyl (C=O) groups is 4. The number of aryl methyl sites for hydroxylation is 1. The minimum Gasteiger partial charge on any atom is -0.325 e. The minimum atomic E-state index is -0.929. The second-order valence-corrected chi connectivity index (χ2v) is 10.3. The van der Waals surface area contributed by atoms with Crippen molar-refractivity contribution in [3.05, 3.63) is 58.0 Å². The lowest BCUT2D eigenvalue weighted by Crippen LogP contribution is -2.48. The van der Waals surface area contributed by atoms with Gasteiger partial charge < -0.3 is 15.1 Å². The second-order valence-electron chi connectivity index (χ2n) is 10.3. The lowest BCUT2D eigenvalue weighted by Gasteiger charge is -2.27. The Hall–Kier alpha value is -4.41. The number of nitrogens with zero attached hydrogens (tertiary/aromatic N) is 5. The number of imide groups is 1. The minimum absolute atomic E-state index is 0.0124. The number of fused-ring (bicyclic) bond motifs is 1. The number of para-hydroxylation sites is 1. The molecule has 2 aromatic carbocycles. The quantitative estimate of drug-likeness (QED) is 0.531. The van der Waals surface area contributed by atoms with Crippen LogP contribution in [0.3, 0.4) is 0 Å². The second kappa shape index (κ2) is 8.30. The summed E-state index contributed by atoms with van der Waals surface area (Å²) >= 11 is 0. The van der Waals surface area contributed by atoms with E-state index in [2.05, 4.69) is 5.32 Å². The molecule has 0 radical (unpaired) electrons. The molecule has 1 aromatic heterocycles. The first kappa shape index (κ1) is 24.0. The zero-order chi connectivity index (χ0) is 26.9. The molecule has 0 bridgehead atoms. The number of hydrogen-bond acceptors (Lipinski definition) is 5. The Kier molecular flexibility index (Phi) is 5.23. The van der Waals surface area contributed by atoms with E-state index in [1.807, 2.05) is 12.1 Å². The molecule has 0 saturated carbocycles. The molecule has 2 aliphatic heterocycles. The Morgan fingerprint density at radius 3 is 2.47 bits per heavy atom. The van der Waals surface area contributed by atoms with E-state index in [0.29, 0.717) is 54.6 Å². The third kappa shape index (κ3) is 3.30. The number of nitrogens with one attached hydrogen (secondary N) is 1. The van der Waals surface area contributed by atoms with Crippen LogP contribution in [0.1, 0.15) is 24.0 Å². The molecule has 11 nitrogen and oxygen atoms in total. The molecule has 3 aromatic rings. The standard InChI is InChI=1S/C27H28N6O5/c1-29-19-6-4-7-20-23(19)32(11-5-8-22(29)35)26(38)33(20)15-21(34)28-18-10-9-16-13-27(14-17(16)12-18)24(36)30(2)25(37)31(27)3/h4,6-7,9-10,12H,5,8,11,13-15H2,1-3H3,(H,28,34). The van der Waals surface area contributed by atoms with Crippen LogP contribution in [-0.2, 0) is 40.3 Å². The van der Waals surface area contributed by atoms with Gasteiger partial charge in [-0.1, -0.05) is 12.1 Å². The zero-order valence-electron chi connectivity index (χ0n) is 21.5. The summed E-state index contributed by atoms with van der Waals surface area (Å²) in [5.74, 6) is -0.604. The van der Waals surface area contributed by atoms with E-state index < -0.39 is 5.54 Å². The number of aromatic nitrogens is 2. The van der Waals surface area contributed by atoms with Crippen molar-refractivity contribution in [3.63, 3.8) is 0 Å². The maximum atomic E-state index is 13.3. The molecule has 1 saturated heterocycles. The number of hydrogen-bond donors (Lipinski definition) is 1. The van der Waals surface area contributed by atoms with Crippen molar-refractivity contribution < 1.29 is 19.2 Å². The molecule has 1 N–H and O–H groups in total. The maximum absolute atomic E-state index is 13.3. The molecule has 5 amide bonds. The SMILES string of the molecule is CN1C(=O)N(C)C2(Cc3ccc(NC(=O)Cn4c(=O)n5c6c(cccc64)N(C)C(=O)CCC5)cc3C2)C1=O. The van der Waals surface area contributed by atoms with Crippen molar-refractivity contribution in [2.75, 3.05) is 31.4 Å². The van der Waals surface area contributed by atoms with Crippen LogP contribution in [-0.4, -0.2) is 69.4 Å². The van der Waals surface area contributed by atoms with Gasteiger partial charge in [0.25, 0.3) is 5.91 Å². The van der Waals surface area contributed by atoms with Crippen molar-refractivity contribution >= 4 is 46.2 Å². The highest BCUT2D eigenvalue weighted by Gasteiger charge is 2.57. The number of likely N-dealkylation sites (N-methyl/N-ethyl adjacent to an activating group) is 2. The summed E-state index contributed by atoms with van der Waals surface area (Å²) in [7, 11) is 4.84. The molecular formula is C27H28N6O5. The van der Waals surface area contributed by atoms with Gasteiger partial charge in [0.1, 0.15) is 12.1 Å². The Balaban J connectivity index is 1.26. The van der Waals surface area contributed by atoms with Crippen LogP contribution in [0.2, 0.25) is 0 Å². The van der Waals surface area contributed by atoms with Gasteiger partial charge in [-0.3, -0.25) is 28.4 Å². The number of rotatable bonds is 3. The lowest BCUT2D eigenvalue weighted by molar-refractivity contribution is -0.131. The summed E-state index contributed by atoms with van der Waals surface area (Å²) in [4.78, 5) is 68.4. The summed E-state index contributed by atoms with van der Waals surface area (Å²) < 4.78 is 3.08. The molecule has 6 rings (SSSR count). The third-order valence-electron chi connectivity index (χ3n) is 8.20. The molecule has 1 fully saturated rings. The zero-order valence-corrected chi connectivity index (χ0v) is 21.5. The predicted molar refractivity (Wildman–Crippen MR) is 140 cm³/mol. The van der Waals surface area contributed by atoms with Crippen LogP contribution in [0.25, 0.3) is 11.0 Å². The van der Waals surface area contributed by atoms with Gasteiger partial charge in [0.2, 0.25) is 11.8 Å². The van der Waals surface area contributed by atoms with E-state index in [-0.39, 0.29) is 36.0 Å². The van der Waals surface area contributed by atoms with E-state index in [4.69, 9.17) is 0 Å². The van der Waals surface area contributed by atoms with Gasteiger partial charge in [0, 0.05) is 52.6 Å². The molecule has 38 heavy (non-hydrogen) atoms. The molecular weight excluding hydrogens is 488 g/mol. The average molecular weight is 517 g/mol. The lowest BCUT2D eigenvalue weighted by atomic mass is 9.94. The summed E-state index contributed by atoms with van der Waals surface area (Å²) in [6, 6.07) is 10.5. The first-order chi connectivity index (χ1) is 18.1. The Morgan fingerprint density at radius 2 is 1.74 bits per heavy atom. The van der Waals surface area contributed by atoms with Gasteiger partial charge >= 0.3 is 11.7 Å². The average Bonchev–Trinajstić information content (AvgIpc) is 3.46. The molecule has 1 unspecified atom stereocenters. The van der Waals surface area contributed by atoms with E-state index >= 15 is 0 Å². The molecule has 3 aliphatic rings. The Morgan fingerprint density at radius 1 is 0.974 bits per heavy atom. The summed E-state index contributed by atoms with van der Waals surface area (Å²) in [5.41, 5.74) is 3.08. The van der Waals surface area contributed by atoms with E-state index in [0.717, 1.165) is 16.0 Å². The van der Waals surface area contributed by atoms with Gasteiger partial charge in [0.15, 0.2) is 0 Å². The van der Waals surface area contributed by atoms with Crippen molar-refractivity contribution in [1.29, 1.82) is 0 Å². The Labute approximate surface area is 218 Å². The Bertz CT molecular complexity index is 1620. The van der Waals surface area contributed by atoms with Gasteiger partial charge in [0.05, 0.1) is 16.7 Å². The number of benzene rings is 2. The fraction of sp³-hybridized carbons (Fsp3) is 0.370. The summed E-state index contributed by atoms with van der Waals surface area (Å²) in [6.45, 7) is 0.211. The van der Waals surface area contributed by atoms with Crippen LogP contribution in [0.5, 0.6) is 0 Å². The van der Waals surface area contributed by atoms with Crippen LogP contribution in [0, 0.1) is 0 Å². The van der Waals surface area contributed by atoms with Crippen LogP contribution in [0.4, 0.5) is 16.2 Å². The molecule has 11 heteroatoms. The molecule has 1 spiro atoms. The monoisotopic (exact) mass is 516 g/mol. The van der Waals surface area contributed by atoms with Crippen molar-refractivity contribution in [2.45, 2.75) is 44.3 Å². The fourth-order valence-corrected chi connectivity index (χ4v) is 6.10. The molecule has 1 atom stereocenters. The summed E-state index contributed by atoms with van der Waals surface area (Å²) in [5, 5.41) is 2.88. The van der Waals surface area contributed by atoms with Crippen molar-refractivity contribution in [2.24, 2.45) is 0 Å². The number of imidazole rings is 1. The van der Waals surface area contributed by atoms with Crippen molar-refractivity contribution in [1.82, 2.24) is 18.9 Å². The predicted octanol–water partition coefficient (Wildman–Crippen LogP) is 1.56. The normalized spacial score (nSPS) is 20.9. The molecule has 196 valence electrons. The van der Waals surface area contributed by atoms with E-state index in [9.17, 15) is 24.0 Å². The smallest absolute Gasteiger partial charge is 0.325 e. The number of amides is 5. The van der Waals surface area contributed by atoms with E-state index in [1.54, 1.807) is 47.8 Å². The van der Waals surface area contributed by atoms with Gasteiger partial charge in [-0.2, -0.15) is 0 Å². The number of carbonyl (C=O) groups excluding carboxylic acids is 4. The largest absolute Gasteiger partial charge is 0.329 e. The van der Waals surface area contributed by atoms with Gasteiger partial charge in [-0.05, 0) is 41.8 Å². The van der Waals surface area contributed by atoms with Gasteiger partial charge in [-0.25, -0.2) is 9.59 Å². The molecule has 3 heterocycles. The topological polar surface area (TPSA) is 117 Å². The van der Waals surface area contributed by atoms with Crippen LogP contribution < -0.4 is 15.9 Å². The highest BCUT2D eigenvalue weighted by molar-refractivity contribution is 6.07. The highest BCUT2D eigenvalue weighted by Crippen LogP contribution is 2.40. The first-order valence-corrected chi connectivity index (χ1v) is 12.6.